The Bertz CT molecular complexity index is 1270. The molecule has 1 saturated heterocycles. The lowest BCUT2D eigenvalue weighted by Gasteiger charge is -2.34. The Morgan fingerprint density at radius 2 is 1.82 bits per heavy atom. The maximum atomic E-state index is 12.8. The van der Waals surface area contributed by atoms with Gasteiger partial charge in [-0.05, 0) is 49.2 Å². The van der Waals surface area contributed by atoms with Crippen molar-refractivity contribution in [3.05, 3.63) is 71.4 Å². The van der Waals surface area contributed by atoms with Crippen molar-refractivity contribution in [2.75, 3.05) is 42.8 Å². The molecule has 9 nitrogen and oxygen atoms in total. The third-order valence-corrected chi connectivity index (χ3v) is 8.31. The number of hydrazone groups is 1. The van der Waals surface area contributed by atoms with Crippen LogP contribution in [0.15, 0.2) is 69.5 Å². The maximum Gasteiger partial charge on any atom is 0.273 e. The first-order valence-electron chi connectivity index (χ1n) is 10.7. The van der Waals surface area contributed by atoms with E-state index in [1.54, 1.807) is 18.4 Å². The molecule has 0 spiro atoms. The summed E-state index contributed by atoms with van der Waals surface area (Å²) in [4.78, 5) is 21.4. The molecule has 3 heterocycles. The number of piperazine rings is 1. The van der Waals surface area contributed by atoms with Gasteiger partial charge >= 0.3 is 0 Å². The first-order valence-corrected chi connectivity index (χ1v) is 13.1. The molecule has 0 bridgehead atoms. The molecule has 0 radical (unpaired) electrons. The summed E-state index contributed by atoms with van der Waals surface area (Å²) in [6.07, 6.45) is 2.72. The molecule has 2 N–H and O–H groups in total. The molecule has 0 unspecified atom stereocenters. The second-order valence-corrected chi connectivity index (χ2v) is 10.8. The van der Waals surface area contributed by atoms with Crippen molar-refractivity contribution in [2.24, 2.45) is 5.10 Å². The van der Waals surface area contributed by atoms with Crippen LogP contribution >= 0.6 is 11.3 Å². The van der Waals surface area contributed by atoms with Crippen molar-refractivity contribution in [2.45, 2.75) is 11.1 Å². The number of carbonyl (C=O) groups excluding carboxylic acids is 1. The number of sulfonamides is 1. The summed E-state index contributed by atoms with van der Waals surface area (Å²) >= 11 is 1.09. The van der Waals surface area contributed by atoms with E-state index in [0.717, 1.165) is 48.8 Å². The van der Waals surface area contributed by atoms with Crippen LogP contribution in [0.5, 0.6) is 0 Å². The quantitative estimate of drug-likeness (QED) is 0.383. The Hall–Kier alpha value is -3.28. The number of nitrogens with one attached hydrogen (secondary N) is 2. The molecule has 2 aromatic heterocycles. The van der Waals surface area contributed by atoms with Gasteiger partial charge in [-0.25, -0.2) is 13.8 Å². The molecule has 0 saturated carbocycles. The van der Waals surface area contributed by atoms with E-state index >= 15 is 0 Å². The topological polar surface area (TPSA) is 107 Å². The number of rotatable bonds is 7. The van der Waals surface area contributed by atoms with E-state index in [1.807, 2.05) is 12.1 Å². The number of nitrogens with zero attached hydrogens (tertiary/aromatic N) is 4. The van der Waals surface area contributed by atoms with Crippen molar-refractivity contribution in [3.8, 4) is 0 Å². The number of thiophene rings is 1. The predicted octanol–water partition coefficient (Wildman–Crippen LogP) is 2.85. The summed E-state index contributed by atoms with van der Waals surface area (Å²) in [6, 6.07) is 12.6. The fourth-order valence-electron chi connectivity index (χ4n) is 3.52. The maximum absolute atomic E-state index is 12.8. The Morgan fingerprint density at radius 1 is 1.09 bits per heavy atom. The summed E-state index contributed by atoms with van der Waals surface area (Å²) in [7, 11) is -1.68. The predicted molar refractivity (Wildman–Crippen MR) is 135 cm³/mol. The Labute approximate surface area is 203 Å². The molecule has 1 aliphatic rings. The first-order chi connectivity index (χ1) is 16.3. The van der Waals surface area contributed by atoms with Crippen LogP contribution in [-0.4, -0.2) is 63.1 Å². The minimum atomic E-state index is -3.81. The van der Waals surface area contributed by atoms with Crippen LogP contribution in [0.25, 0.3) is 0 Å². The molecule has 178 valence electrons. The van der Waals surface area contributed by atoms with E-state index in [-0.39, 0.29) is 15.5 Å². The Balaban J connectivity index is 1.43. The molecule has 0 aliphatic carbocycles. The Morgan fingerprint density at radius 3 is 2.50 bits per heavy atom. The van der Waals surface area contributed by atoms with E-state index in [1.165, 1.54) is 24.5 Å². The highest BCUT2D eigenvalue weighted by molar-refractivity contribution is 7.94. The van der Waals surface area contributed by atoms with Crippen LogP contribution < -0.4 is 15.0 Å². The van der Waals surface area contributed by atoms with Crippen molar-refractivity contribution in [1.82, 2.24) is 15.3 Å². The van der Waals surface area contributed by atoms with Crippen molar-refractivity contribution in [3.63, 3.8) is 0 Å². The number of pyridine rings is 1. The number of benzene rings is 1. The van der Waals surface area contributed by atoms with Gasteiger partial charge in [0.15, 0.2) is 0 Å². The van der Waals surface area contributed by atoms with E-state index < -0.39 is 15.9 Å². The molecule has 11 heteroatoms. The normalized spacial score (nSPS) is 15.2. The third-order valence-electron chi connectivity index (χ3n) is 5.55. The van der Waals surface area contributed by atoms with Gasteiger partial charge in [-0.15, -0.1) is 11.3 Å². The largest absolute Gasteiger partial charge is 0.369 e. The number of aromatic nitrogens is 1. The van der Waals surface area contributed by atoms with Crippen molar-refractivity contribution < 1.29 is 13.2 Å². The minimum absolute atomic E-state index is 0.0813. The van der Waals surface area contributed by atoms with Crippen LogP contribution in [0.3, 0.4) is 0 Å². The van der Waals surface area contributed by atoms with Crippen molar-refractivity contribution in [1.29, 1.82) is 0 Å². The SMILES string of the molecule is C/C(=N/NC(=O)c1ccncc1NS(=O)(=O)c1cccs1)c1ccc(N2CCN(C)CC2)cc1. The second kappa shape index (κ2) is 10.3. The molecule has 1 aromatic carbocycles. The molecular weight excluding hydrogens is 472 g/mol. The average molecular weight is 499 g/mol. The molecular formula is C23H26N6O3S2. The molecule has 1 aliphatic heterocycles. The average Bonchev–Trinajstić information content (AvgIpc) is 3.39. The lowest BCUT2D eigenvalue weighted by molar-refractivity contribution is 0.0955. The van der Waals surface area contributed by atoms with Gasteiger partial charge in [0.2, 0.25) is 0 Å². The van der Waals surface area contributed by atoms with Crippen LogP contribution in [0, 0.1) is 0 Å². The van der Waals surface area contributed by atoms with Gasteiger partial charge in [-0.2, -0.15) is 5.10 Å². The number of hydrogen-bond acceptors (Lipinski definition) is 8. The van der Waals surface area contributed by atoms with Gasteiger partial charge in [0.05, 0.1) is 23.2 Å². The minimum Gasteiger partial charge on any atom is -0.369 e. The zero-order valence-electron chi connectivity index (χ0n) is 18.9. The zero-order chi connectivity index (χ0) is 24.1. The molecule has 1 fully saturated rings. The van der Waals surface area contributed by atoms with Crippen LogP contribution in [0.1, 0.15) is 22.8 Å². The highest BCUT2D eigenvalue weighted by Gasteiger charge is 2.20. The number of amides is 1. The summed E-state index contributed by atoms with van der Waals surface area (Å²) in [5.74, 6) is -0.542. The molecule has 34 heavy (non-hydrogen) atoms. The standard InChI is InChI=1S/C23H26N6O3S2/c1-17(18-5-7-19(8-6-18)29-13-11-28(2)12-14-29)25-26-23(30)20-9-10-24-16-21(20)27-34(31,32)22-4-3-15-33-22/h3-10,15-16,27H,11-14H2,1-2H3,(H,26,30)/b25-17-. The highest BCUT2D eigenvalue weighted by Crippen LogP contribution is 2.22. The van der Waals surface area contributed by atoms with Crippen LogP contribution in [0.4, 0.5) is 11.4 Å². The lowest BCUT2D eigenvalue weighted by atomic mass is 10.1. The molecule has 4 rings (SSSR count). The van der Waals surface area contributed by atoms with Gasteiger partial charge in [0, 0.05) is 38.1 Å². The zero-order valence-corrected chi connectivity index (χ0v) is 20.6. The van der Waals surface area contributed by atoms with E-state index in [4.69, 9.17) is 0 Å². The number of carbonyl (C=O) groups is 1. The second-order valence-electron chi connectivity index (χ2n) is 7.93. The lowest BCUT2D eigenvalue weighted by Crippen LogP contribution is -2.44. The smallest absolute Gasteiger partial charge is 0.273 e. The summed E-state index contributed by atoms with van der Waals surface area (Å²) in [5, 5.41) is 5.88. The highest BCUT2D eigenvalue weighted by atomic mass is 32.2. The van der Waals surface area contributed by atoms with E-state index in [9.17, 15) is 13.2 Å². The number of hydrogen-bond donors (Lipinski definition) is 2. The summed E-state index contributed by atoms with van der Waals surface area (Å²) in [6.45, 7) is 5.86. The monoisotopic (exact) mass is 498 g/mol. The van der Waals surface area contributed by atoms with Gasteiger partial charge in [0.1, 0.15) is 4.21 Å². The van der Waals surface area contributed by atoms with E-state index in [0.29, 0.717) is 5.71 Å². The van der Waals surface area contributed by atoms with Gasteiger partial charge in [-0.1, -0.05) is 18.2 Å². The summed E-state index contributed by atoms with van der Waals surface area (Å²) < 4.78 is 27.7. The first kappa shape index (κ1) is 23.9. The van der Waals surface area contributed by atoms with E-state index in [2.05, 4.69) is 49.2 Å². The molecule has 3 aromatic rings. The third kappa shape index (κ3) is 5.61. The van der Waals surface area contributed by atoms with Crippen LogP contribution in [0.2, 0.25) is 0 Å². The van der Waals surface area contributed by atoms with Gasteiger partial charge < -0.3 is 9.80 Å². The molecule has 1 amide bonds. The van der Waals surface area contributed by atoms with Gasteiger partial charge in [0.25, 0.3) is 15.9 Å². The number of anilines is 2. The van der Waals surface area contributed by atoms with Crippen LogP contribution in [-0.2, 0) is 10.0 Å². The summed E-state index contributed by atoms with van der Waals surface area (Å²) in [5.41, 5.74) is 5.39. The van der Waals surface area contributed by atoms with Crippen molar-refractivity contribution >= 4 is 44.4 Å². The molecule has 0 atom stereocenters. The Kier molecular flexibility index (Phi) is 7.25. The fraction of sp³-hybridized carbons (Fsp3) is 0.261. The van der Waals surface area contributed by atoms with Gasteiger partial charge in [-0.3, -0.25) is 14.5 Å². The fourth-order valence-corrected chi connectivity index (χ4v) is 5.58. The number of likely N-dealkylation sites (N-methyl/N-ethyl adjacent to an activating group) is 1.